The highest BCUT2D eigenvalue weighted by Crippen LogP contribution is 2.32. The summed E-state index contributed by atoms with van der Waals surface area (Å²) < 4.78 is 28.5. The molecule has 0 aromatic heterocycles. The first kappa shape index (κ1) is 15.8. The molecule has 22 heavy (non-hydrogen) atoms. The van der Waals surface area contributed by atoms with Gasteiger partial charge in [-0.2, -0.15) is 0 Å². The molecule has 3 rings (SSSR count). The van der Waals surface area contributed by atoms with Gasteiger partial charge < -0.3 is 0 Å². The van der Waals surface area contributed by atoms with Crippen LogP contribution in [0.5, 0.6) is 0 Å². The number of sulfonamides is 1. The minimum absolute atomic E-state index is 0.0758. The van der Waals surface area contributed by atoms with Crippen molar-refractivity contribution in [3.05, 3.63) is 40.3 Å². The molecule has 2 aliphatic carbocycles. The molecule has 1 N–H and O–H groups in total. The summed E-state index contributed by atoms with van der Waals surface area (Å²) in [6.45, 7) is 4.39. The maximum atomic E-state index is 12.7. The van der Waals surface area contributed by atoms with E-state index >= 15 is 0 Å². The van der Waals surface area contributed by atoms with Crippen molar-refractivity contribution in [2.75, 3.05) is 0 Å². The van der Waals surface area contributed by atoms with Crippen LogP contribution in [0.3, 0.4) is 0 Å². The van der Waals surface area contributed by atoms with Crippen LogP contribution in [0.15, 0.2) is 29.2 Å². The number of aryl methyl sites for hydroxylation is 1. The Morgan fingerprint density at radius 2 is 1.86 bits per heavy atom. The quantitative estimate of drug-likeness (QED) is 0.923. The van der Waals surface area contributed by atoms with Gasteiger partial charge in [0, 0.05) is 6.04 Å². The van der Waals surface area contributed by atoms with E-state index in [-0.39, 0.29) is 6.04 Å². The number of rotatable bonds is 3. The first-order valence-corrected chi connectivity index (χ1v) is 9.76. The lowest BCUT2D eigenvalue weighted by Crippen LogP contribution is -2.44. The molecule has 3 nitrogen and oxygen atoms in total. The summed E-state index contributed by atoms with van der Waals surface area (Å²) in [5.41, 5.74) is 2.28. The van der Waals surface area contributed by atoms with Crippen molar-refractivity contribution in [2.24, 2.45) is 11.8 Å². The minimum atomic E-state index is -3.37. The van der Waals surface area contributed by atoms with Crippen LogP contribution >= 0.6 is 0 Å². The smallest absolute Gasteiger partial charge is 0.208 e. The number of fused-ring (bicyclic) bond motifs is 1. The summed E-state index contributed by atoms with van der Waals surface area (Å²) in [6, 6.07) is 8.12. The number of hydrogen-bond donors (Lipinski definition) is 1. The van der Waals surface area contributed by atoms with E-state index in [1.54, 1.807) is 0 Å². The zero-order chi connectivity index (χ0) is 15.7. The van der Waals surface area contributed by atoms with E-state index in [1.807, 2.05) is 24.3 Å². The fraction of sp³-hybridized carbons (Fsp3) is 0.556. The first-order valence-electron chi connectivity index (χ1n) is 8.28. The lowest BCUT2D eigenvalue weighted by atomic mass is 9.78. The molecule has 0 unspecified atom stereocenters. The summed E-state index contributed by atoms with van der Waals surface area (Å²) in [6.07, 6.45) is 6.52. The largest absolute Gasteiger partial charge is 0.236 e. The van der Waals surface area contributed by atoms with E-state index in [4.69, 9.17) is 0 Å². The topological polar surface area (TPSA) is 46.2 Å². The van der Waals surface area contributed by atoms with Crippen molar-refractivity contribution in [3.8, 4) is 0 Å². The van der Waals surface area contributed by atoms with Crippen LogP contribution in [0.2, 0.25) is 0 Å². The van der Waals surface area contributed by atoms with E-state index in [0.29, 0.717) is 23.2 Å². The third kappa shape index (κ3) is 3.13. The highest BCUT2D eigenvalue weighted by atomic mass is 32.2. The van der Waals surface area contributed by atoms with Gasteiger partial charge in [-0.3, -0.25) is 0 Å². The number of nitrogens with one attached hydrogen (secondary N) is 1. The van der Waals surface area contributed by atoms with Crippen molar-refractivity contribution in [3.63, 3.8) is 0 Å². The summed E-state index contributed by atoms with van der Waals surface area (Å²) >= 11 is 0. The Bertz CT molecular complexity index is 678. The van der Waals surface area contributed by atoms with Crippen molar-refractivity contribution >= 4 is 16.1 Å². The average molecular weight is 319 g/mol. The molecule has 120 valence electrons. The molecule has 0 aliphatic heterocycles. The van der Waals surface area contributed by atoms with Crippen LogP contribution in [-0.4, -0.2) is 14.5 Å². The van der Waals surface area contributed by atoms with Crippen LogP contribution < -0.4 is 4.72 Å². The lowest BCUT2D eigenvalue weighted by molar-refractivity contribution is 0.227. The van der Waals surface area contributed by atoms with Gasteiger partial charge in [-0.15, -0.1) is 0 Å². The summed E-state index contributed by atoms with van der Waals surface area (Å²) in [5.74, 6) is 0.988. The van der Waals surface area contributed by atoms with Crippen molar-refractivity contribution in [1.29, 1.82) is 0 Å². The van der Waals surface area contributed by atoms with Crippen molar-refractivity contribution in [1.82, 2.24) is 4.72 Å². The van der Waals surface area contributed by atoms with Crippen LogP contribution in [0, 0.1) is 11.8 Å². The van der Waals surface area contributed by atoms with Gasteiger partial charge in [0.2, 0.25) is 10.0 Å². The van der Waals surface area contributed by atoms with Gasteiger partial charge >= 0.3 is 0 Å². The molecule has 1 aromatic rings. The normalized spacial score (nSPS) is 28.8. The Hall–Kier alpha value is -1.13. The molecular weight excluding hydrogens is 294 g/mol. The van der Waals surface area contributed by atoms with Crippen molar-refractivity contribution in [2.45, 2.75) is 52.0 Å². The Kier molecular flexibility index (Phi) is 4.42. The number of benzene rings is 1. The molecule has 0 spiro atoms. The van der Waals surface area contributed by atoms with Gasteiger partial charge in [0.05, 0.1) is 4.91 Å². The molecule has 1 fully saturated rings. The van der Waals surface area contributed by atoms with Gasteiger partial charge in [-0.05, 0) is 48.3 Å². The van der Waals surface area contributed by atoms with E-state index in [0.717, 1.165) is 24.8 Å². The molecule has 0 heterocycles. The molecule has 1 aromatic carbocycles. The predicted octanol–water partition coefficient (Wildman–Crippen LogP) is 3.72. The maximum Gasteiger partial charge on any atom is 0.236 e. The molecule has 1 saturated carbocycles. The fourth-order valence-electron chi connectivity index (χ4n) is 3.64. The van der Waals surface area contributed by atoms with Crippen molar-refractivity contribution < 1.29 is 8.42 Å². The predicted molar refractivity (Wildman–Crippen MR) is 90.8 cm³/mol. The van der Waals surface area contributed by atoms with Gasteiger partial charge in [-0.25, -0.2) is 13.1 Å². The summed E-state index contributed by atoms with van der Waals surface area (Å²) in [4.78, 5) is 0.539. The monoisotopic (exact) mass is 319 g/mol. The molecule has 0 radical (unpaired) electrons. The highest BCUT2D eigenvalue weighted by Gasteiger charge is 2.32. The standard InChI is InChI=1S/C18H25NO2S/c1-13-6-5-9-18(14(13)2)19-22(20,21)17-11-10-15-7-3-4-8-16(15)12-17/h3-4,7-8,12-14,18-19H,5-6,9-11H2,1-2H3/t13-,14-,18+/m1/s1. The van der Waals surface area contributed by atoms with Crippen LogP contribution in [0.4, 0.5) is 0 Å². The first-order chi connectivity index (χ1) is 10.5. The van der Waals surface area contributed by atoms with E-state index in [2.05, 4.69) is 24.6 Å². The fourth-order valence-corrected chi connectivity index (χ4v) is 5.18. The average Bonchev–Trinajstić information content (AvgIpc) is 2.51. The maximum absolute atomic E-state index is 12.7. The van der Waals surface area contributed by atoms with Gasteiger partial charge in [-0.1, -0.05) is 51.0 Å². The third-order valence-electron chi connectivity index (χ3n) is 5.37. The van der Waals surface area contributed by atoms with E-state index in [1.165, 1.54) is 12.0 Å². The Morgan fingerprint density at radius 1 is 1.09 bits per heavy atom. The second-order valence-electron chi connectivity index (χ2n) is 6.80. The van der Waals surface area contributed by atoms with E-state index < -0.39 is 10.0 Å². The van der Waals surface area contributed by atoms with E-state index in [9.17, 15) is 8.42 Å². The SMILES string of the molecule is C[C@@H]1[C@H](C)CCC[C@@H]1NS(=O)(=O)C1=Cc2ccccc2CC1. The minimum Gasteiger partial charge on any atom is -0.208 e. The second kappa shape index (κ2) is 6.17. The van der Waals surface area contributed by atoms with Gasteiger partial charge in [0.25, 0.3) is 0 Å². The lowest BCUT2D eigenvalue weighted by Gasteiger charge is -2.34. The zero-order valence-corrected chi connectivity index (χ0v) is 14.2. The van der Waals surface area contributed by atoms with Gasteiger partial charge in [0.15, 0.2) is 0 Å². The molecule has 2 aliphatic rings. The Labute approximate surface area is 133 Å². The number of hydrogen-bond acceptors (Lipinski definition) is 2. The summed E-state index contributed by atoms with van der Waals surface area (Å²) in [5, 5.41) is 0. The van der Waals surface area contributed by atoms with Crippen LogP contribution in [0.25, 0.3) is 6.08 Å². The summed E-state index contributed by atoms with van der Waals surface area (Å²) in [7, 11) is -3.37. The Balaban J connectivity index is 1.81. The van der Waals surface area contributed by atoms with Crippen LogP contribution in [-0.2, 0) is 16.4 Å². The zero-order valence-electron chi connectivity index (χ0n) is 13.4. The molecule has 4 heteroatoms. The molecular formula is C18H25NO2S. The molecule has 0 saturated heterocycles. The third-order valence-corrected chi connectivity index (χ3v) is 7.00. The molecule has 0 bridgehead atoms. The second-order valence-corrected chi connectivity index (χ2v) is 8.57. The number of allylic oxidation sites excluding steroid dienone is 1. The highest BCUT2D eigenvalue weighted by molar-refractivity contribution is 7.93. The molecule has 3 atom stereocenters. The Morgan fingerprint density at radius 3 is 2.68 bits per heavy atom. The molecule has 0 amide bonds. The van der Waals surface area contributed by atoms with Crippen LogP contribution in [0.1, 0.15) is 50.7 Å². The van der Waals surface area contributed by atoms with Gasteiger partial charge in [0.1, 0.15) is 0 Å².